The SMILES string of the molecule is O=c1[nH]c(O)c(-c2cccc(Cl)c2)c(=O)[nH]1. The van der Waals surface area contributed by atoms with E-state index in [9.17, 15) is 14.7 Å². The summed E-state index contributed by atoms with van der Waals surface area (Å²) in [7, 11) is 0. The molecule has 0 saturated heterocycles. The first kappa shape index (κ1) is 10.5. The molecule has 1 aromatic heterocycles. The highest BCUT2D eigenvalue weighted by molar-refractivity contribution is 6.30. The fraction of sp³-hybridized carbons (Fsp3) is 0. The van der Waals surface area contributed by atoms with Crippen LogP contribution in [0, 0.1) is 0 Å². The van der Waals surface area contributed by atoms with Crippen molar-refractivity contribution in [2.75, 3.05) is 0 Å². The molecule has 0 bridgehead atoms. The summed E-state index contributed by atoms with van der Waals surface area (Å²) in [6.07, 6.45) is 0. The molecule has 5 nitrogen and oxygen atoms in total. The van der Waals surface area contributed by atoms with Crippen LogP contribution in [0.5, 0.6) is 5.88 Å². The second-order valence-corrected chi connectivity index (χ2v) is 3.58. The summed E-state index contributed by atoms with van der Waals surface area (Å²) in [6, 6.07) is 6.41. The van der Waals surface area contributed by atoms with Gasteiger partial charge in [0.2, 0.25) is 5.88 Å². The molecule has 2 aromatic rings. The average molecular weight is 239 g/mol. The lowest BCUT2D eigenvalue weighted by Gasteiger charge is -2.02. The lowest BCUT2D eigenvalue weighted by atomic mass is 10.1. The van der Waals surface area contributed by atoms with E-state index in [2.05, 4.69) is 4.98 Å². The van der Waals surface area contributed by atoms with Crippen molar-refractivity contribution in [2.24, 2.45) is 0 Å². The largest absolute Gasteiger partial charge is 0.494 e. The number of H-pyrrole nitrogens is 2. The Kier molecular flexibility index (Phi) is 2.54. The zero-order valence-electron chi connectivity index (χ0n) is 7.95. The number of benzene rings is 1. The normalized spacial score (nSPS) is 10.3. The highest BCUT2D eigenvalue weighted by atomic mass is 35.5. The van der Waals surface area contributed by atoms with Gasteiger partial charge in [-0.3, -0.25) is 14.8 Å². The van der Waals surface area contributed by atoms with E-state index in [1.807, 2.05) is 4.98 Å². The third-order valence-electron chi connectivity index (χ3n) is 2.04. The molecule has 82 valence electrons. The standard InChI is InChI=1S/C10H7ClN2O3/c11-6-3-1-2-5(4-6)7-8(14)12-10(16)13-9(7)15/h1-4H,(H3,12,13,14,15,16). The monoisotopic (exact) mass is 238 g/mol. The molecule has 2 rings (SSSR count). The molecule has 1 heterocycles. The summed E-state index contributed by atoms with van der Waals surface area (Å²) in [6.45, 7) is 0. The third-order valence-corrected chi connectivity index (χ3v) is 2.27. The van der Waals surface area contributed by atoms with Gasteiger partial charge >= 0.3 is 5.69 Å². The number of aromatic hydroxyl groups is 1. The Labute approximate surface area is 94.3 Å². The van der Waals surface area contributed by atoms with Crippen LogP contribution >= 0.6 is 11.6 Å². The number of halogens is 1. The minimum Gasteiger partial charge on any atom is -0.494 e. The number of nitrogens with one attached hydrogen (secondary N) is 2. The van der Waals surface area contributed by atoms with Crippen LogP contribution < -0.4 is 11.2 Å². The zero-order chi connectivity index (χ0) is 11.7. The first-order valence-electron chi connectivity index (χ1n) is 4.39. The van der Waals surface area contributed by atoms with Crippen LogP contribution in [-0.4, -0.2) is 15.1 Å². The molecule has 0 radical (unpaired) electrons. The minimum atomic E-state index is -0.756. The summed E-state index contributed by atoms with van der Waals surface area (Å²) in [4.78, 5) is 26.5. The molecule has 0 spiro atoms. The van der Waals surface area contributed by atoms with Gasteiger partial charge in [-0.05, 0) is 17.7 Å². The molecule has 3 N–H and O–H groups in total. The number of hydrogen-bond acceptors (Lipinski definition) is 3. The molecule has 0 aliphatic rings. The molecule has 0 unspecified atom stereocenters. The molecule has 0 aliphatic heterocycles. The Bertz CT molecular complexity index is 645. The van der Waals surface area contributed by atoms with E-state index in [-0.39, 0.29) is 5.56 Å². The van der Waals surface area contributed by atoms with Crippen molar-refractivity contribution in [3.05, 3.63) is 50.1 Å². The Balaban J connectivity index is 2.74. The summed E-state index contributed by atoms with van der Waals surface area (Å²) in [5.41, 5.74) is -0.999. The molecule has 6 heteroatoms. The highest BCUT2D eigenvalue weighted by Gasteiger charge is 2.10. The molecule has 0 amide bonds. The number of aromatic nitrogens is 2. The molecule has 0 atom stereocenters. The average Bonchev–Trinajstić information content (AvgIpc) is 2.15. The van der Waals surface area contributed by atoms with Gasteiger partial charge in [-0.1, -0.05) is 23.7 Å². The van der Waals surface area contributed by atoms with E-state index < -0.39 is 17.1 Å². The van der Waals surface area contributed by atoms with Gasteiger partial charge in [0.1, 0.15) is 5.56 Å². The van der Waals surface area contributed by atoms with Crippen molar-refractivity contribution >= 4 is 11.6 Å². The maximum absolute atomic E-state index is 11.5. The summed E-state index contributed by atoms with van der Waals surface area (Å²) >= 11 is 5.76. The van der Waals surface area contributed by atoms with Crippen LogP contribution in [0.4, 0.5) is 0 Å². The van der Waals surface area contributed by atoms with E-state index in [1.165, 1.54) is 6.07 Å². The summed E-state index contributed by atoms with van der Waals surface area (Å²) in [5, 5.41) is 9.93. The smallest absolute Gasteiger partial charge is 0.328 e. The summed E-state index contributed by atoms with van der Waals surface area (Å²) in [5.74, 6) is -0.476. The van der Waals surface area contributed by atoms with Crippen molar-refractivity contribution < 1.29 is 5.11 Å². The van der Waals surface area contributed by atoms with Gasteiger partial charge in [0.05, 0.1) is 0 Å². The quantitative estimate of drug-likeness (QED) is 0.695. The highest BCUT2D eigenvalue weighted by Crippen LogP contribution is 2.24. The maximum atomic E-state index is 11.5. The van der Waals surface area contributed by atoms with Gasteiger partial charge < -0.3 is 5.11 Å². The van der Waals surface area contributed by atoms with Crippen molar-refractivity contribution in [3.8, 4) is 17.0 Å². The summed E-state index contributed by atoms with van der Waals surface area (Å²) < 4.78 is 0. The number of hydrogen-bond donors (Lipinski definition) is 3. The molecular formula is C10H7ClN2O3. The molecular weight excluding hydrogens is 232 g/mol. The van der Waals surface area contributed by atoms with Crippen molar-refractivity contribution in [1.29, 1.82) is 0 Å². The van der Waals surface area contributed by atoms with Gasteiger partial charge in [0.25, 0.3) is 5.56 Å². The number of rotatable bonds is 1. The van der Waals surface area contributed by atoms with E-state index in [1.54, 1.807) is 18.2 Å². The Morgan fingerprint density at radius 2 is 1.94 bits per heavy atom. The topological polar surface area (TPSA) is 85.9 Å². The number of aromatic amines is 2. The van der Waals surface area contributed by atoms with Gasteiger partial charge in [-0.15, -0.1) is 0 Å². The van der Waals surface area contributed by atoms with Crippen LogP contribution in [0.3, 0.4) is 0 Å². The Morgan fingerprint density at radius 1 is 1.19 bits per heavy atom. The molecule has 16 heavy (non-hydrogen) atoms. The van der Waals surface area contributed by atoms with Crippen molar-refractivity contribution in [3.63, 3.8) is 0 Å². The first-order valence-corrected chi connectivity index (χ1v) is 4.77. The van der Waals surface area contributed by atoms with Crippen LogP contribution in [-0.2, 0) is 0 Å². The molecule has 1 aromatic carbocycles. The van der Waals surface area contributed by atoms with E-state index in [0.717, 1.165) is 0 Å². The molecule has 0 saturated carbocycles. The third kappa shape index (κ3) is 1.85. The fourth-order valence-electron chi connectivity index (χ4n) is 1.39. The minimum absolute atomic E-state index is 0.0119. The second kappa shape index (κ2) is 3.86. The van der Waals surface area contributed by atoms with E-state index in [4.69, 9.17) is 11.6 Å². The lowest BCUT2D eigenvalue weighted by Crippen LogP contribution is -2.23. The van der Waals surface area contributed by atoms with Crippen LogP contribution in [0.1, 0.15) is 0 Å². The maximum Gasteiger partial charge on any atom is 0.328 e. The second-order valence-electron chi connectivity index (χ2n) is 3.14. The van der Waals surface area contributed by atoms with Crippen LogP contribution in [0.2, 0.25) is 5.02 Å². The molecule has 0 aliphatic carbocycles. The van der Waals surface area contributed by atoms with E-state index in [0.29, 0.717) is 10.6 Å². The van der Waals surface area contributed by atoms with Crippen molar-refractivity contribution in [1.82, 2.24) is 9.97 Å². The van der Waals surface area contributed by atoms with Gasteiger partial charge in [-0.25, -0.2) is 4.79 Å². The predicted molar refractivity (Wildman–Crippen MR) is 59.8 cm³/mol. The van der Waals surface area contributed by atoms with Gasteiger partial charge in [0, 0.05) is 5.02 Å². The first-order chi connectivity index (χ1) is 7.58. The van der Waals surface area contributed by atoms with Crippen LogP contribution in [0.25, 0.3) is 11.1 Å². The van der Waals surface area contributed by atoms with Crippen LogP contribution in [0.15, 0.2) is 33.9 Å². The van der Waals surface area contributed by atoms with Gasteiger partial charge in [-0.2, -0.15) is 0 Å². The molecule has 0 fully saturated rings. The lowest BCUT2D eigenvalue weighted by molar-refractivity contribution is 0.451. The van der Waals surface area contributed by atoms with Crippen molar-refractivity contribution in [2.45, 2.75) is 0 Å². The fourth-order valence-corrected chi connectivity index (χ4v) is 1.58. The Morgan fingerprint density at radius 3 is 2.56 bits per heavy atom. The zero-order valence-corrected chi connectivity index (χ0v) is 8.71. The van der Waals surface area contributed by atoms with Gasteiger partial charge in [0.15, 0.2) is 0 Å². The Hall–Kier alpha value is -2.01. The predicted octanol–water partition coefficient (Wildman–Crippen LogP) is 1.09. The van der Waals surface area contributed by atoms with E-state index >= 15 is 0 Å².